The second kappa shape index (κ2) is 8.40. The Morgan fingerprint density at radius 2 is 1.81 bits per heavy atom. The molecule has 7 heteroatoms. The van der Waals surface area contributed by atoms with E-state index < -0.39 is 0 Å². The molecule has 31 heavy (non-hydrogen) atoms. The fourth-order valence-electron chi connectivity index (χ4n) is 4.41. The molecule has 0 radical (unpaired) electrons. The van der Waals surface area contributed by atoms with Crippen molar-refractivity contribution in [3.05, 3.63) is 59.1 Å². The van der Waals surface area contributed by atoms with Gasteiger partial charge in [-0.2, -0.15) is 0 Å². The predicted molar refractivity (Wildman–Crippen MR) is 123 cm³/mol. The zero-order valence-corrected chi connectivity index (χ0v) is 18.5. The molecule has 160 valence electrons. The van der Waals surface area contributed by atoms with Crippen molar-refractivity contribution >= 4 is 39.1 Å². The first-order chi connectivity index (χ1) is 15.1. The number of carbonyl (C=O) groups is 2. The van der Waals surface area contributed by atoms with Crippen LogP contribution in [0.1, 0.15) is 17.0 Å². The van der Waals surface area contributed by atoms with E-state index in [2.05, 4.69) is 17.0 Å². The van der Waals surface area contributed by atoms with Crippen LogP contribution in [0.25, 0.3) is 10.2 Å². The zero-order chi connectivity index (χ0) is 21.4. The molecule has 2 aliphatic rings. The Balaban J connectivity index is 1.16. The lowest BCUT2D eigenvalue weighted by molar-refractivity contribution is -0.137. The Morgan fingerprint density at radius 1 is 1.06 bits per heavy atom. The summed E-state index contributed by atoms with van der Waals surface area (Å²) in [6.45, 7) is 6.42. The molecule has 1 atom stereocenters. The molecule has 2 amide bonds. The van der Waals surface area contributed by atoms with E-state index in [9.17, 15) is 9.59 Å². The van der Waals surface area contributed by atoms with E-state index in [1.165, 1.54) is 4.70 Å². The van der Waals surface area contributed by atoms with E-state index in [-0.39, 0.29) is 17.7 Å². The summed E-state index contributed by atoms with van der Waals surface area (Å²) in [5, 5.41) is 1.12. The number of hydrogen-bond acceptors (Lipinski definition) is 5. The van der Waals surface area contributed by atoms with Gasteiger partial charge in [0.1, 0.15) is 5.01 Å². The SMILES string of the molecule is Cc1ccc(N2C[C@H](C(=O)N3CCN(Cc4nc5ccccc5s4)CC3)CC2=O)cc1. The van der Waals surface area contributed by atoms with Crippen molar-refractivity contribution in [2.45, 2.75) is 19.9 Å². The van der Waals surface area contributed by atoms with Gasteiger partial charge < -0.3 is 9.80 Å². The highest BCUT2D eigenvalue weighted by Crippen LogP contribution is 2.27. The number of amides is 2. The normalized spacial score (nSPS) is 20.0. The third kappa shape index (κ3) is 4.20. The summed E-state index contributed by atoms with van der Waals surface area (Å²) < 4.78 is 1.22. The maximum Gasteiger partial charge on any atom is 0.228 e. The Labute approximate surface area is 186 Å². The topological polar surface area (TPSA) is 56.8 Å². The number of para-hydroxylation sites is 1. The number of piperazine rings is 1. The molecule has 5 rings (SSSR count). The second-order valence-electron chi connectivity index (χ2n) is 8.42. The lowest BCUT2D eigenvalue weighted by Gasteiger charge is -2.35. The molecule has 0 unspecified atom stereocenters. The first kappa shape index (κ1) is 20.2. The highest BCUT2D eigenvalue weighted by Gasteiger charge is 2.37. The van der Waals surface area contributed by atoms with E-state index in [0.717, 1.165) is 41.4 Å². The van der Waals surface area contributed by atoms with Crippen LogP contribution < -0.4 is 4.90 Å². The van der Waals surface area contributed by atoms with Gasteiger partial charge in [-0.1, -0.05) is 29.8 Å². The van der Waals surface area contributed by atoms with Crippen molar-refractivity contribution in [1.29, 1.82) is 0 Å². The highest BCUT2D eigenvalue weighted by atomic mass is 32.1. The Hall–Kier alpha value is -2.77. The van der Waals surface area contributed by atoms with E-state index in [0.29, 0.717) is 26.1 Å². The maximum atomic E-state index is 13.1. The summed E-state index contributed by atoms with van der Waals surface area (Å²) in [5.74, 6) is -0.0936. The third-order valence-electron chi connectivity index (χ3n) is 6.20. The monoisotopic (exact) mass is 434 g/mol. The van der Waals surface area contributed by atoms with Crippen molar-refractivity contribution in [1.82, 2.24) is 14.8 Å². The van der Waals surface area contributed by atoms with Crippen molar-refractivity contribution in [3.63, 3.8) is 0 Å². The van der Waals surface area contributed by atoms with E-state index in [1.54, 1.807) is 16.2 Å². The number of benzene rings is 2. The first-order valence-corrected chi connectivity index (χ1v) is 11.6. The van der Waals surface area contributed by atoms with Crippen LogP contribution in [0, 0.1) is 12.8 Å². The average Bonchev–Trinajstić information content (AvgIpc) is 3.37. The van der Waals surface area contributed by atoms with Crippen LogP contribution >= 0.6 is 11.3 Å². The lowest BCUT2D eigenvalue weighted by Crippen LogP contribution is -2.50. The van der Waals surface area contributed by atoms with Crippen LogP contribution in [0.4, 0.5) is 5.69 Å². The number of thiazole rings is 1. The van der Waals surface area contributed by atoms with Gasteiger partial charge in [0.05, 0.1) is 22.7 Å². The third-order valence-corrected chi connectivity index (χ3v) is 7.22. The van der Waals surface area contributed by atoms with Crippen molar-refractivity contribution in [3.8, 4) is 0 Å². The number of aryl methyl sites for hydroxylation is 1. The molecule has 2 fully saturated rings. The lowest BCUT2D eigenvalue weighted by atomic mass is 10.1. The van der Waals surface area contributed by atoms with Gasteiger partial charge in [-0.3, -0.25) is 14.5 Å². The van der Waals surface area contributed by atoms with Crippen molar-refractivity contribution < 1.29 is 9.59 Å². The quantitative estimate of drug-likeness (QED) is 0.632. The molecule has 2 saturated heterocycles. The second-order valence-corrected chi connectivity index (χ2v) is 9.53. The summed E-state index contributed by atoms with van der Waals surface area (Å²) >= 11 is 1.74. The molecular formula is C24H26N4O2S. The average molecular weight is 435 g/mol. The van der Waals surface area contributed by atoms with E-state index in [1.807, 2.05) is 48.2 Å². The van der Waals surface area contributed by atoms with Crippen LogP contribution in [-0.2, 0) is 16.1 Å². The number of hydrogen-bond donors (Lipinski definition) is 0. The van der Waals surface area contributed by atoms with Crippen LogP contribution in [0.3, 0.4) is 0 Å². The van der Waals surface area contributed by atoms with Crippen LogP contribution in [0.15, 0.2) is 48.5 Å². The fourth-order valence-corrected chi connectivity index (χ4v) is 5.42. The molecular weight excluding hydrogens is 408 g/mol. The molecule has 0 spiro atoms. The summed E-state index contributed by atoms with van der Waals surface area (Å²) in [4.78, 5) is 36.4. The minimum absolute atomic E-state index is 0.0386. The van der Waals surface area contributed by atoms with Crippen LogP contribution in [0.5, 0.6) is 0 Å². The van der Waals surface area contributed by atoms with Gasteiger partial charge in [-0.25, -0.2) is 4.98 Å². The molecule has 0 saturated carbocycles. The largest absolute Gasteiger partial charge is 0.340 e. The van der Waals surface area contributed by atoms with E-state index >= 15 is 0 Å². The summed E-state index contributed by atoms with van der Waals surface area (Å²) in [6.07, 6.45) is 0.304. The predicted octanol–water partition coefficient (Wildman–Crippen LogP) is 3.30. The molecule has 0 bridgehead atoms. The number of fused-ring (bicyclic) bond motifs is 1. The minimum Gasteiger partial charge on any atom is -0.340 e. The summed E-state index contributed by atoms with van der Waals surface area (Å²) in [6, 6.07) is 16.1. The van der Waals surface area contributed by atoms with Gasteiger partial charge in [0.25, 0.3) is 0 Å². The Kier molecular flexibility index (Phi) is 5.46. The summed E-state index contributed by atoms with van der Waals surface area (Å²) in [7, 11) is 0. The number of anilines is 1. The van der Waals surface area contributed by atoms with Crippen LogP contribution in [0.2, 0.25) is 0 Å². The fraction of sp³-hybridized carbons (Fsp3) is 0.375. The van der Waals surface area contributed by atoms with Gasteiger partial charge in [-0.15, -0.1) is 11.3 Å². The number of carbonyl (C=O) groups excluding carboxylic acids is 2. The van der Waals surface area contributed by atoms with Gasteiger partial charge in [0.2, 0.25) is 11.8 Å². The number of rotatable bonds is 4. The Morgan fingerprint density at radius 3 is 2.55 bits per heavy atom. The number of aromatic nitrogens is 1. The molecule has 6 nitrogen and oxygen atoms in total. The molecule has 2 aliphatic heterocycles. The highest BCUT2D eigenvalue weighted by molar-refractivity contribution is 7.18. The molecule has 0 N–H and O–H groups in total. The van der Waals surface area contributed by atoms with Gasteiger partial charge in [0, 0.05) is 44.8 Å². The number of nitrogens with zero attached hydrogens (tertiary/aromatic N) is 4. The van der Waals surface area contributed by atoms with Crippen molar-refractivity contribution in [2.24, 2.45) is 5.92 Å². The molecule has 3 heterocycles. The van der Waals surface area contributed by atoms with Gasteiger partial charge in [-0.05, 0) is 31.2 Å². The van der Waals surface area contributed by atoms with Crippen molar-refractivity contribution in [2.75, 3.05) is 37.6 Å². The van der Waals surface area contributed by atoms with E-state index in [4.69, 9.17) is 4.98 Å². The van der Waals surface area contributed by atoms with Gasteiger partial charge >= 0.3 is 0 Å². The molecule has 1 aromatic heterocycles. The molecule has 0 aliphatic carbocycles. The zero-order valence-electron chi connectivity index (χ0n) is 17.7. The van der Waals surface area contributed by atoms with Crippen LogP contribution in [-0.4, -0.2) is 59.3 Å². The smallest absolute Gasteiger partial charge is 0.228 e. The minimum atomic E-state index is -0.246. The Bertz CT molecular complexity index is 1070. The summed E-state index contributed by atoms with van der Waals surface area (Å²) in [5.41, 5.74) is 3.10. The first-order valence-electron chi connectivity index (χ1n) is 10.8. The maximum absolute atomic E-state index is 13.1. The molecule has 2 aromatic carbocycles. The standard InChI is InChI=1S/C24H26N4O2S/c1-17-6-8-19(9-7-17)28-15-18(14-23(28)29)24(30)27-12-10-26(11-13-27)16-22-25-20-4-2-3-5-21(20)31-22/h2-9,18H,10-16H2,1H3/t18-/m1/s1. The van der Waals surface area contributed by atoms with Gasteiger partial charge in [0.15, 0.2) is 0 Å². The molecule has 3 aromatic rings.